The SMILES string of the molecule is C=CCN(CCCC)C(=O)[C@H]1N([C@@H](CO)CC(C)C)C(=O)[C@@H]2[C@@H](C(=O)OCC)[C@@H]3O[C@@]21CC3Br. The van der Waals surface area contributed by atoms with Crippen molar-refractivity contribution in [2.75, 3.05) is 26.3 Å². The normalized spacial score (nSPS) is 32.7. The first-order chi connectivity index (χ1) is 16.2. The summed E-state index contributed by atoms with van der Waals surface area (Å²) < 4.78 is 11.8. The van der Waals surface area contributed by atoms with Gasteiger partial charge in [-0.05, 0) is 32.1 Å². The van der Waals surface area contributed by atoms with Gasteiger partial charge < -0.3 is 24.4 Å². The van der Waals surface area contributed by atoms with Crippen LogP contribution >= 0.6 is 15.9 Å². The fourth-order valence-corrected chi connectivity index (χ4v) is 6.98. The van der Waals surface area contributed by atoms with Gasteiger partial charge in [0.25, 0.3) is 0 Å². The molecule has 1 spiro atoms. The number of carbonyl (C=O) groups is 3. The number of nitrogens with zero attached hydrogens (tertiary/aromatic N) is 2. The second kappa shape index (κ2) is 11.1. The van der Waals surface area contributed by atoms with Gasteiger partial charge in [0.1, 0.15) is 11.6 Å². The van der Waals surface area contributed by atoms with Crippen LogP contribution in [-0.4, -0.2) is 87.6 Å². The number of rotatable bonds is 12. The second-order valence-electron chi connectivity index (χ2n) is 10.1. The van der Waals surface area contributed by atoms with Crippen molar-refractivity contribution in [3.05, 3.63) is 12.7 Å². The Bertz CT molecular complexity index is 791. The molecule has 0 radical (unpaired) electrons. The number of aliphatic hydroxyl groups excluding tert-OH is 1. The molecule has 2 bridgehead atoms. The summed E-state index contributed by atoms with van der Waals surface area (Å²) in [5, 5.41) is 10.3. The predicted molar refractivity (Wildman–Crippen MR) is 131 cm³/mol. The molecule has 3 fully saturated rings. The topological polar surface area (TPSA) is 96.4 Å². The summed E-state index contributed by atoms with van der Waals surface area (Å²) >= 11 is 3.65. The van der Waals surface area contributed by atoms with E-state index < -0.39 is 41.6 Å². The van der Waals surface area contributed by atoms with Crippen molar-refractivity contribution in [3.63, 3.8) is 0 Å². The summed E-state index contributed by atoms with van der Waals surface area (Å²) in [5.41, 5.74) is -1.14. The number of hydrogen-bond acceptors (Lipinski definition) is 6. The van der Waals surface area contributed by atoms with Gasteiger partial charge in [-0.3, -0.25) is 14.4 Å². The van der Waals surface area contributed by atoms with Crippen LogP contribution in [0.3, 0.4) is 0 Å². The molecule has 34 heavy (non-hydrogen) atoms. The standard InChI is InChI=1S/C25H39BrN2O6/c1-6-9-11-27(10-7-2)23(31)21-25-13-17(26)20(34-25)18(24(32)33-8-3)19(25)22(30)28(21)16(14-29)12-15(4)5/h7,15-21,29H,2,6,8-14H2,1,3-5H3/t16-,17?,18-,19+,20-,21-,25+/m1/s1. The zero-order valence-corrected chi connectivity index (χ0v) is 22.3. The Balaban J connectivity index is 2.10. The number of esters is 1. The molecule has 3 saturated heterocycles. The summed E-state index contributed by atoms with van der Waals surface area (Å²) in [4.78, 5) is 44.2. The van der Waals surface area contributed by atoms with Crippen LogP contribution in [0.25, 0.3) is 0 Å². The van der Waals surface area contributed by atoms with E-state index in [2.05, 4.69) is 29.4 Å². The van der Waals surface area contributed by atoms with E-state index in [4.69, 9.17) is 9.47 Å². The monoisotopic (exact) mass is 542 g/mol. The average molecular weight is 543 g/mol. The van der Waals surface area contributed by atoms with Crippen molar-refractivity contribution in [3.8, 4) is 0 Å². The second-order valence-corrected chi connectivity index (χ2v) is 11.2. The molecule has 7 atom stereocenters. The largest absolute Gasteiger partial charge is 0.466 e. The van der Waals surface area contributed by atoms with Crippen LogP contribution in [0.15, 0.2) is 12.7 Å². The van der Waals surface area contributed by atoms with Crippen LogP contribution in [0.5, 0.6) is 0 Å². The van der Waals surface area contributed by atoms with Gasteiger partial charge in [0, 0.05) is 17.9 Å². The Morgan fingerprint density at radius 3 is 2.68 bits per heavy atom. The van der Waals surface area contributed by atoms with Crippen LogP contribution in [0.2, 0.25) is 0 Å². The molecule has 3 aliphatic heterocycles. The maximum absolute atomic E-state index is 14.1. The number of aliphatic hydroxyl groups is 1. The third kappa shape index (κ3) is 4.55. The van der Waals surface area contributed by atoms with Crippen LogP contribution in [0.4, 0.5) is 0 Å². The highest BCUT2D eigenvalue weighted by Crippen LogP contribution is 2.60. The zero-order chi connectivity index (χ0) is 25.2. The minimum Gasteiger partial charge on any atom is -0.466 e. The van der Waals surface area contributed by atoms with Gasteiger partial charge in [0.2, 0.25) is 11.8 Å². The minimum absolute atomic E-state index is 0.178. The summed E-state index contributed by atoms with van der Waals surface area (Å²) in [7, 11) is 0. The molecule has 0 aromatic rings. The predicted octanol–water partition coefficient (Wildman–Crippen LogP) is 2.52. The van der Waals surface area contributed by atoms with Crippen molar-refractivity contribution in [2.45, 2.75) is 82.0 Å². The Kier molecular flexibility index (Phi) is 8.85. The minimum atomic E-state index is -1.14. The Morgan fingerprint density at radius 2 is 2.12 bits per heavy atom. The molecule has 3 heterocycles. The maximum Gasteiger partial charge on any atom is 0.312 e. The average Bonchev–Trinajstić information content (AvgIpc) is 3.38. The Morgan fingerprint density at radius 1 is 1.41 bits per heavy atom. The molecule has 192 valence electrons. The van der Waals surface area contributed by atoms with Crippen LogP contribution in [0.1, 0.15) is 53.4 Å². The number of alkyl halides is 1. The molecular weight excluding hydrogens is 504 g/mol. The molecule has 8 nitrogen and oxygen atoms in total. The van der Waals surface area contributed by atoms with Crippen molar-refractivity contribution in [1.29, 1.82) is 0 Å². The van der Waals surface area contributed by atoms with E-state index in [-0.39, 0.29) is 35.8 Å². The molecule has 1 N–H and O–H groups in total. The molecule has 2 amide bonds. The lowest BCUT2D eigenvalue weighted by Crippen LogP contribution is -2.59. The number of unbranched alkanes of at least 4 members (excludes halogenated alkanes) is 1. The lowest BCUT2D eigenvalue weighted by Gasteiger charge is -2.39. The molecule has 9 heteroatoms. The number of carbonyl (C=O) groups excluding carboxylic acids is 3. The first-order valence-corrected chi connectivity index (χ1v) is 13.4. The quantitative estimate of drug-likeness (QED) is 0.231. The van der Waals surface area contributed by atoms with Crippen molar-refractivity contribution in [1.82, 2.24) is 9.80 Å². The lowest BCUT2D eigenvalue weighted by atomic mass is 9.70. The highest BCUT2D eigenvalue weighted by atomic mass is 79.9. The van der Waals surface area contributed by atoms with Gasteiger partial charge >= 0.3 is 5.97 Å². The Labute approximate surface area is 211 Å². The van der Waals surface area contributed by atoms with E-state index in [0.717, 1.165) is 12.8 Å². The molecule has 0 aliphatic carbocycles. The highest BCUT2D eigenvalue weighted by Gasteiger charge is 2.77. The van der Waals surface area contributed by atoms with E-state index in [1.807, 2.05) is 13.8 Å². The van der Waals surface area contributed by atoms with Gasteiger partial charge in [-0.1, -0.05) is 49.2 Å². The molecule has 0 aromatic carbocycles. The van der Waals surface area contributed by atoms with Gasteiger partial charge in [-0.15, -0.1) is 6.58 Å². The Hall–Kier alpha value is -1.45. The summed E-state index contributed by atoms with van der Waals surface area (Å²) in [6, 6.07) is -1.46. The van der Waals surface area contributed by atoms with Crippen LogP contribution < -0.4 is 0 Å². The van der Waals surface area contributed by atoms with Gasteiger partial charge in [-0.2, -0.15) is 0 Å². The molecule has 0 saturated carbocycles. The van der Waals surface area contributed by atoms with Gasteiger partial charge in [0.05, 0.1) is 37.2 Å². The summed E-state index contributed by atoms with van der Waals surface area (Å²) in [5.74, 6) is -2.37. The van der Waals surface area contributed by atoms with Crippen molar-refractivity contribution in [2.24, 2.45) is 17.8 Å². The van der Waals surface area contributed by atoms with E-state index >= 15 is 0 Å². The highest BCUT2D eigenvalue weighted by molar-refractivity contribution is 9.09. The van der Waals surface area contributed by atoms with E-state index in [0.29, 0.717) is 25.9 Å². The molecule has 0 aromatic heterocycles. The van der Waals surface area contributed by atoms with Crippen LogP contribution in [-0.2, 0) is 23.9 Å². The number of likely N-dealkylation sites (tertiary alicyclic amines) is 1. The molecular formula is C25H39BrN2O6. The smallest absolute Gasteiger partial charge is 0.312 e. The number of amides is 2. The van der Waals surface area contributed by atoms with Gasteiger partial charge in [-0.25, -0.2) is 0 Å². The maximum atomic E-state index is 14.1. The van der Waals surface area contributed by atoms with Crippen LogP contribution in [0, 0.1) is 17.8 Å². The number of fused-ring (bicyclic) bond motifs is 1. The first kappa shape index (κ1) is 27.1. The third-order valence-corrected chi connectivity index (χ3v) is 8.15. The van der Waals surface area contributed by atoms with E-state index in [9.17, 15) is 19.5 Å². The van der Waals surface area contributed by atoms with Crippen molar-refractivity contribution >= 4 is 33.7 Å². The van der Waals surface area contributed by atoms with E-state index in [1.54, 1.807) is 22.8 Å². The number of hydrogen-bond donors (Lipinski definition) is 1. The number of ether oxygens (including phenoxy) is 2. The lowest BCUT2D eigenvalue weighted by molar-refractivity contribution is -0.156. The fourth-order valence-electron chi connectivity index (χ4n) is 6.04. The summed E-state index contributed by atoms with van der Waals surface area (Å²) in [6.07, 6.45) is 3.86. The fraction of sp³-hybridized carbons (Fsp3) is 0.800. The molecule has 3 rings (SSSR count). The summed E-state index contributed by atoms with van der Waals surface area (Å²) in [6.45, 7) is 12.5. The molecule has 3 aliphatic rings. The number of halogens is 1. The van der Waals surface area contributed by atoms with Crippen molar-refractivity contribution < 1.29 is 29.0 Å². The van der Waals surface area contributed by atoms with E-state index in [1.165, 1.54) is 0 Å². The first-order valence-electron chi connectivity index (χ1n) is 12.5. The zero-order valence-electron chi connectivity index (χ0n) is 20.7. The third-order valence-electron chi connectivity index (χ3n) is 7.31. The molecule has 1 unspecified atom stereocenters. The van der Waals surface area contributed by atoms with Gasteiger partial charge in [0.15, 0.2) is 0 Å².